The van der Waals surface area contributed by atoms with Crippen molar-refractivity contribution in [1.29, 1.82) is 0 Å². The van der Waals surface area contributed by atoms with Crippen molar-refractivity contribution in [3.05, 3.63) is 28.2 Å². The Balaban J connectivity index is 2.84. The fourth-order valence-corrected chi connectivity index (χ4v) is 1.92. The van der Waals surface area contributed by atoms with E-state index in [-0.39, 0.29) is 12.4 Å². The number of benzene rings is 1. The third kappa shape index (κ3) is 3.52. The van der Waals surface area contributed by atoms with Crippen molar-refractivity contribution in [3.8, 4) is 5.75 Å². The van der Waals surface area contributed by atoms with Crippen molar-refractivity contribution in [2.45, 2.75) is 5.82 Å². The molecule has 1 unspecified atom stereocenters. The number of hydrogen-bond donors (Lipinski definition) is 2. The van der Waals surface area contributed by atoms with Gasteiger partial charge in [-0.15, -0.1) is 0 Å². The molecular weight excluding hydrogens is 257 g/mol. The number of nitrogens with two attached hydrogens (primary N) is 1. The molecule has 0 bridgehead atoms. The van der Waals surface area contributed by atoms with Crippen LogP contribution in [0.1, 0.15) is 11.4 Å². The second-order valence-corrected chi connectivity index (χ2v) is 4.25. The van der Waals surface area contributed by atoms with E-state index in [1.54, 1.807) is 0 Å². The molecule has 5 heteroatoms. The van der Waals surface area contributed by atoms with Crippen molar-refractivity contribution in [2.75, 3.05) is 19.8 Å². The Morgan fingerprint density at radius 1 is 1.53 bits per heavy atom. The molecule has 1 aromatic rings. The molecule has 3 N–H and O–H groups in total. The van der Waals surface area contributed by atoms with Gasteiger partial charge in [0.15, 0.2) is 0 Å². The molecule has 0 saturated carbocycles. The van der Waals surface area contributed by atoms with Crippen molar-refractivity contribution >= 4 is 23.8 Å². The lowest BCUT2D eigenvalue weighted by Crippen LogP contribution is -2.13. The van der Waals surface area contributed by atoms with Crippen LogP contribution in [0.5, 0.6) is 5.75 Å². The maximum absolute atomic E-state index is 8.65. The number of ether oxygens (including phenoxy) is 1. The zero-order valence-corrected chi connectivity index (χ0v) is 10.3. The van der Waals surface area contributed by atoms with Gasteiger partial charge >= 0.3 is 0 Å². The molecule has 0 aliphatic heterocycles. The highest BCUT2D eigenvalue weighted by atomic mass is 79.9. The van der Waals surface area contributed by atoms with E-state index in [4.69, 9.17) is 15.6 Å². The van der Waals surface area contributed by atoms with Crippen molar-refractivity contribution < 1.29 is 9.84 Å². The predicted molar refractivity (Wildman–Crippen MR) is 67.1 cm³/mol. The normalized spacial score (nSPS) is 12.5. The van der Waals surface area contributed by atoms with Crippen LogP contribution in [0.2, 0.25) is 0 Å². The molecule has 3 nitrogen and oxygen atoms in total. The summed E-state index contributed by atoms with van der Waals surface area (Å²) in [6, 6.07) is 5.76. The van der Waals surface area contributed by atoms with E-state index in [0.29, 0.717) is 13.2 Å². The minimum Gasteiger partial charge on any atom is -0.491 e. The van der Waals surface area contributed by atoms with Gasteiger partial charge in [0, 0.05) is 4.47 Å². The topological polar surface area (TPSA) is 55.5 Å². The lowest BCUT2D eigenvalue weighted by Gasteiger charge is -2.13. The van der Waals surface area contributed by atoms with E-state index in [1.165, 1.54) is 0 Å². The summed E-state index contributed by atoms with van der Waals surface area (Å²) < 4.78 is 6.37. The molecule has 0 aliphatic carbocycles. The number of rotatable bonds is 5. The zero-order valence-electron chi connectivity index (χ0n) is 8.74. The van der Waals surface area contributed by atoms with Gasteiger partial charge in [-0.2, -0.15) is 0 Å². The molecule has 0 radical (unpaired) electrons. The summed E-state index contributed by atoms with van der Waals surface area (Å²) in [5.74, 6) is 1.06. The van der Waals surface area contributed by atoms with Crippen LogP contribution >= 0.6 is 15.9 Å². The summed E-state index contributed by atoms with van der Waals surface area (Å²) in [4.78, 5) is 0. The summed E-state index contributed by atoms with van der Waals surface area (Å²) in [5, 5.41) is 8.65. The van der Waals surface area contributed by atoms with Crippen LogP contribution in [-0.2, 0) is 0 Å². The van der Waals surface area contributed by atoms with Gasteiger partial charge in [0.25, 0.3) is 0 Å². The number of aliphatic hydroxyl groups is 1. The molecular formula is C10H15BBrNO2. The highest BCUT2D eigenvalue weighted by Gasteiger charge is 2.09. The second-order valence-electron chi connectivity index (χ2n) is 3.39. The van der Waals surface area contributed by atoms with Crippen molar-refractivity contribution in [3.63, 3.8) is 0 Å². The Morgan fingerprint density at radius 3 is 2.87 bits per heavy atom. The maximum atomic E-state index is 8.65. The van der Waals surface area contributed by atoms with Gasteiger partial charge in [0.05, 0.1) is 6.61 Å². The molecule has 82 valence electrons. The van der Waals surface area contributed by atoms with E-state index < -0.39 is 0 Å². The quantitative estimate of drug-likeness (QED) is 0.765. The molecule has 15 heavy (non-hydrogen) atoms. The monoisotopic (exact) mass is 271 g/mol. The van der Waals surface area contributed by atoms with Gasteiger partial charge in [-0.05, 0) is 36.1 Å². The molecule has 1 atom stereocenters. The highest BCUT2D eigenvalue weighted by Crippen LogP contribution is 2.27. The molecule has 0 fully saturated rings. The first-order valence-corrected chi connectivity index (χ1v) is 5.71. The van der Waals surface area contributed by atoms with Gasteiger partial charge in [-0.1, -0.05) is 15.9 Å². The lowest BCUT2D eigenvalue weighted by molar-refractivity contribution is 0.201. The van der Waals surface area contributed by atoms with Crippen LogP contribution in [0.3, 0.4) is 0 Å². The first kappa shape index (κ1) is 12.6. The van der Waals surface area contributed by atoms with Crippen molar-refractivity contribution in [1.82, 2.24) is 0 Å². The van der Waals surface area contributed by atoms with E-state index in [0.717, 1.165) is 15.8 Å². The summed E-state index contributed by atoms with van der Waals surface area (Å²) in [5.41, 5.74) is 6.75. The van der Waals surface area contributed by atoms with Crippen LogP contribution in [0, 0.1) is 0 Å². The Bertz CT molecular complexity index is 322. The fourth-order valence-electron chi connectivity index (χ4n) is 1.28. The van der Waals surface area contributed by atoms with E-state index >= 15 is 0 Å². The molecule has 0 spiro atoms. The third-order valence-corrected chi connectivity index (χ3v) is 2.93. The van der Waals surface area contributed by atoms with Gasteiger partial charge < -0.3 is 15.6 Å². The average Bonchev–Trinajstić information content (AvgIpc) is 2.27. The molecule has 1 rings (SSSR count). The Kier molecular flexibility index (Phi) is 5.15. The molecule has 0 saturated heterocycles. The smallest absolute Gasteiger partial charge is 0.119 e. The minimum atomic E-state index is 0.0256. The summed E-state index contributed by atoms with van der Waals surface area (Å²) in [7, 11) is 2.07. The molecule has 0 heterocycles. The second kappa shape index (κ2) is 6.15. The molecule has 1 aromatic carbocycles. The lowest BCUT2D eigenvalue weighted by atomic mass is 9.81. The standard InChI is InChI=1S/C10H15BBrNO2/c11-9(6-13)8-5-7(15-4-3-14)1-2-10(8)12/h1-2,5,9,14H,3-4,6,11,13H2. The Labute approximate surface area is 99.2 Å². The summed E-state index contributed by atoms with van der Waals surface area (Å²) in [6.45, 7) is 0.942. The minimum absolute atomic E-state index is 0.0256. The first-order valence-electron chi connectivity index (χ1n) is 4.92. The number of aliphatic hydroxyl groups excluding tert-OH is 1. The van der Waals surface area contributed by atoms with Crippen LogP contribution in [0.25, 0.3) is 0 Å². The fraction of sp³-hybridized carbons (Fsp3) is 0.400. The van der Waals surface area contributed by atoms with Crippen molar-refractivity contribution in [2.24, 2.45) is 5.73 Å². The SMILES string of the molecule is BC(CN)c1cc(OCCO)ccc1Br. The van der Waals surface area contributed by atoms with Gasteiger partial charge in [0.2, 0.25) is 0 Å². The maximum Gasteiger partial charge on any atom is 0.119 e. The first-order chi connectivity index (χ1) is 7.19. The van der Waals surface area contributed by atoms with E-state index in [9.17, 15) is 0 Å². The van der Waals surface area contributed by atoms with Crippen LogP contribution in [-0.4, -0.2) is 32.7 Å². The van der Waals surface area contributed by atoms with Crippen LogP contribution < -0.4 is 10.5 Å². The number of halogens is 1. The van der Waals surface area contributed by atoms with Gasteiger partial charge in [-0.3, -0.25) is 0 Å². The van der Waals surface area contributed by atoms with Gasteiger partial charge in [-0.25, -0.2) is 0 Å². The average molecular weight is 272 g/mol. The van der Waals surface area contributed by atoms with E-state index in [2.05, 4.69) is 23.8 Å². The zero-order chi connectivity index (χ0) is 11.3. The third-order valence-electron chi connectivity index (χ3n) is 2.21. The number of hydrogen-bond acceptors (Lipinski definition) is 3. The summed E-state index contributed by atoms with van der Waals surface area (Å²) >= 11 is 3.48. The predicted octanol–water partition coefficient (Wildman–Crippen LogP) is 0.453. The molecule has 0 amide bonds. The Hall–Kier alpha value is -0.515. The molecule has 0 aliphatic rings. The highest BCUT2D eigenvalue weighted by molar-refractivity contribution is 9.10. The summed E-state index contributed by atoms with van der Waals surface area (Å²) in [6.07, 6.45) is 0. The van der Waals surface area contributed by atoms with Crippen LogP contribution in [0.15, 0.2) is 22.7 Å². The largest absolute Gasteiger partial charge is 0.491 e. The van der Waals surface area contributed by atoms with Gasteiger partial charge in [0.1, 0.15) is 20.2 Å². The van der Waals surface area contributed by atoms with E-state index in [1.807, 2.05) is 18.2 Å². The Morgan fingerprint density at radius 2 is 2.27 bits per heavy atom. The molecule has 0 aromatic heterocycles. The van der Waals surface area contributed by atoms with Crippen LogP contribution in [0.4, 0.5) is 0 Å².